The summed E-state index contributed by atoms with van der Waals surface area (Å²) in [6.07, 6.45) is 4.64. The Kier molecular flexibility index (Phi) is 5.72. The molecule has 0 aromatic rings. The van der Waals surface area contributed by atoms with Gasteiger partial charge in [-0.2, -0.15) is 0 Å². The molecule has 2 heterocycles. The van der Waals surface area contributed by atoms with Gasteiger partial charge >= 0.3 is 0 Å². The van der Waals surface area contributed by atoms with Crippen molar-refractivity contribution >= 4 is 0 Å². The van der Waals surface area contributed by atoms with Crippen LogP contribution in [0, 0.1) is 11.3 Å². The Morgan fingerprint density at radius 1 is 1.24 bits per heavy atom. The molecular weight excluding hydrogens is 260 g/mol. The smallest absolute Gasteiger partial charge is 0.0706 e. The van der Waals surface area contributed by atoms with Crippen LogP contribution in [0.15, 0.2) is 0 Å². The number of hydrogen-bond donors (Lipinski definition) is 1. The van der Waals surface area contributed by atoms with Crippen molar-refractivity contribution in [1.29, 1.82) is 0 Å². The van der Waals surface area contributed by atoms with Crippen molar-refractivity contribution in [3.05, 3.63) is 0 Å². The third-order valence-electron chi connectivity index (χ3n) is 5.01. The van der Waals surface area contributed by atoms with Crippen LogP contribution in [0.2, 0.25) is 0 Å². The van der Waals surface area contributed by atoms with Gasteiger partial charge in [-0.15, -0.1) is 0 Å². The molecule has 3 nitrogen and oxygen atoms in total. The maximum Gasteiger partial charge on any atom is 0.0706 e. The summed E-state index contributed by atoms with van der Waals surface area (Å²) in [6.45, 7) is 17.4. The van der Waals surface area contributed by atoms with Crippen molar-refractivity contribution in [1.82, 2.24) is 10.2 Å². The van der Waals surface area contributed by atoms with Crippen LogP contribution in [0.5, 0.6) is 0 Å². The molecule has 2 rings (SSSR count). The van der Waals surface area contributed by atoms with Crippen molar-refractivity contribution < 1.29 is 4.74 Å². The first kappa shape index (κ1) is 17.2. The highest BCUT2D eigenvalue weighted by atomic mass is 16.5. The zero-order valence-corrected chi connectivity index (χ0v) is 15.0. The number of ether oxygens (including phenoxy) is 1. The molecule has 0 aromatic carbocycles. The third-order valence-corrected chi connectivity index (χ3v) is 5.01. The van der Waals surface area contributed by atoms with Gasteiger partial charge in [0.25, 0.3) is 0 Å². The summed E-state index contributed by atoms with van der Waals surface area (Å²) in [5, 5.41) is 3.79. The summed E-state index contributed by atoms with van der Waals surface area (Å²) >= 11 is 0. The lowest BCUT2D eigenvalue weighted by Crippen LogP contribution is -2.61. The van der Waals surface area contributed by atoms with Crippen LogP contribution in [0.3, 0.4) is 0 Å². The second-order valence-electron chi connectivity index (χ2n) is 8.72. The minimum absolute atomic E-state index is 0.319. The van der Waals surface area contributed by atoms with E-state index in [1.165, 1.54) is 25.8 Å². The number of hydrogen-bond acceptors (Lipinski definition) is 3. The van der Waals surface area contributed by atoms with Crippen molar-refractivity contribution in [3.8, 4) is 0 Å². The molecular formula is C18H36N2O. The molecule has 124 valence electrons. The molecule has 0 bridgehead atoms. The van der Waals surface area contributed by atoms with Gasteiger partial charge < -0.3 is 10.1 Å². The quantitative estimate of drug-likeness (QED) is 0.861. The lowest BCUT2D eigenvalue weighted by molar-refractivity contribution is -0.0128. The molecule has 0 amide bonds. The first-order valence-corrected chi connectivity index (χ1v) is 8.88. The van der Waals surface area contributed by atoms with Gasteiger partial charge in [0.15, 0.2) is 0 Å². The fraction of sp³-hybridized carbons (Fsp3) is 1.00. The monoisotopic (exact) mass is 296 g/mol. The Balaban J connectivity index is 1.98. The van der Waals surface area contributed by atoms with E-state index in [9.17, 15) is 0 Å². The van der Waals surface area contributed by atoms with E-state index in [0.717, 1.165) is 19.0 Å². The van der Waals surface area contributed by atoms with Crippen LogP contribution in [-0.4, -0.2) is 48.8 Å². The van der Waals surface area contributed by atoms with Crippen LogP contribution >= 0.6 is 0 Å². The summed E-state index contributed by atoms with van der Waals surface area (Å²) < 4.78 is 6.08. The SMILES string of the molecule is CC(C)CC1CN(CC2CCC(C)O2)C(C(C)(C)C)CN1. The Morgan fingerprint density at radius 3 is 2.48 bits per heavy atom. The van der Waals surface area contributed by atoms with Crippen molar-refractivity contribution in [2.45, 2.75) is 85.1 Å². The molecule has 2 aliphatic rings. The van der Waals surface area contributed by atoms with E-state index >= 15 is 0 Å². The topological polar surface area (TPSA) is 24.5 Å². The first-order chi connectivity index (χ1) is 9.75. The van der Waals surface area contributed by atoms with Gasteiger partial charge in [0, 0.05) is 31.7 Å². The van der Waals surface area contributed by atoms with E-state index in [2.05, 4.69) is 51.8 Å². The largest absolute Gasteiger partial charge is 0.374 e. The molecule has 0 spiro atoms. The predicted octanol–water partition coefficient (Wildman–Crippen LogP) is 3.29. The summed E-state index contributed by atoms with van der Waals surface area (Å²) in [6, 6.07) is 1.25. The minimum atomic E-state index is 0.319. The lowest BCUT2D eigenvalue weighted by Gasteiger charge is -2.47. The molecule has 4 unspecified atom stereocenters. The van der Waals surface area contributed by atoms with Crippen molar-refractivity contribution in [2.24, 2.45) is 11.3 Å². The van der Waals surface area contributed by atoms with E-state index in [1.807, 2.05) is 0 Å². The molecule has 1 N–H and O–H groups in total. The van der Waals surface area contributed by atoms with Gasteiger partial charge in [-0.05, 0) is 37.5 Å². The van der Waals surface area contributed by atoms with Gasteiger partial charge in [-0.3, -0.25) is 4.90 Å². The van der Waals surface area contributed by atoms with E-state index in [4.69, 9.17) is 4.74 Å². The summed E-state index contributed by atoms with van der Waals surface area (Å²) in [7, 11) is 0. The summed E-state index contributed by atoms with van der Waals surface area (Å²) in [5.74, 6) is 0.762. The fourth-order valence-electron chi connectivity index (χ4n) is 3.95. The number of rotatable bonds is 4. The zero-order chi connectivity index (χ0) is 15.6. The van der Waals surface area contributed by atoms with Gasteiger partial charge in [-0.25, -0.2) is 0 Å². The second kappa shape index (κ2) is 6.97. The maximum absolute atomic E-state index is 6.08. The average molecular weight is 296 g/mol. The van der Waals surface area contributed by atoms with Crippen LogP contribution < -0.4 is 5.32 Å². The van der Waals surface area contributed by atoms with E-state index < -0.39 is 0 Å². The molecule has 4 atom stereocenters. The summed E-state index contributed by atoms with van der Waals surface area (Å²) in [5.41, 5.74) is 0.319. The van der Waals surface area contributed by atoms with Gasteiger partial charge in [0.1, 0.15) is 0 Å². The van der Waals surface area contributed by atoms with E-state index in [-0.39, 0.29) is 0 Å². The van der Waals surface area contributed by atoms with Crippen molar-refractivity contribution in [2.75, 3.05) is 19.6 Å². The standard InChI is InChI=1S/C18H36N2O/c1-13(2)9-15-11-20(12-16-8-7-14(3)21-16)17(10-19-15)18(4,5)6/h13-17,19H,7-12H2,1-6H3. The molecule has 0 saturated carbocycles. The lowest BCUT2D eigenvalue weighted by atomic mass is 9.83. The van der Waals surface area contributed by atoms with Crippen LogP contribution in [0.25, 0.3) is 0 Å². The Hall–Kier alpha value is -0.120. The molecule has 21 heavy (non-hydrogen) atoms. The molecule has 0 aliphatic carbocycles. The van der Waals surface area contributed by atoms with E-state index in [0.29, 0.717) is 29.7 Å². The number of piperazine rings is 1. The highest BCUT2D eigenvalue weighted by Gasteiger charge is 2.37. The van der Waals surface area contributed by atoms with Crippen LogP contribution in [0.4, 0.5) is 0 Å². The normalized spacial score (nSPS) is 35.6. The third kappa shape index (κ3) is 4.94. The minimum Gasteiger partial charge on any atom is -0.374 e. The Morgan fingerprint density at radius 2 is 1.95 bits per heavy atom. The first-order valence-electron chi connectivity index (χ1n) is 8.88. The fourth-order valence-corrected chi connectivity index (χ4v) is 3.95. The summed E-state index contributed by atoms with van der Waals surface area (Å²) in [4.78, 5) is 2.71. The molecule has 2 aliphatic heterocycles. The molecule has 3 heteroatoms. The molecule has 0 radical (unpaired) electrons. The Bertz CT molecular complexity index is 324. The van der Waals surface area contributed by atoms with E-state index in [1.54, 1.807) is 0 Å². The van der Waals surface area contributed by atoms with Crippen LogP contribution in [0.1, 0.15) is 60.8 Å². The predicted molar refractivity (Wildman–Crippen MR) is 89.6 cm³/mol. The highest BCUT2D eigenvalue weighted by Crippen LogP contribution is 2.29. The average Bonchev–Trinajstić information content (AvgIpc) is 2.72. The van der Waals surface area contributed by atoms with Gasteiger partial charge in [-0.1, -0.05) is 34.6 Å². The molecule has 2 saturated heterocycles. The highest BCUT2D eigenvalue weighted by molar-refractivity contribution is 4.94. The Labute approximate surface area is 131 Å². The molecule has 2 fully saturated rings. The maximum atomic E-state index is 6.08. The molecule has 0 aromatic heterocycles. The second-order valence-corrected chi connectivity index (χ2v) is 8.72. The zero-order valence-electron chi connectivity index (χ0n) is 15.0. The van der Waals surface area contributed by atoms with Crippen LogP contribution in [-0.2, 0) is 4.74 Å². The van der Waals surface area contributed by atoms with Gasteiger partial charge in [0.05, 0.1) is 12.2 Å². The number of nitrogens with one attached hydrogen (secondary N) is 1. The van der Waals surface area contributed by atoms with Crippen molar-refractivity contribution in [3.63, 3.8) is 0 Å². The van der Waals surface area contributed by atoms with Gasteiger partial charge in [0.2, 0.25) is 0 Å². The number of nitrogens with zero attached hydrogens (tertiary/aromatic N) is 1.